The fourth-order valence-electron chi connectivity index (χ4n) is 8.54. The zero-order valence-electron chi connectivity index (χ0n) is 33.6. The molecule has 0 amide bonds. The molecule has 0 atom stereocenters. The molecule has 0 radical (unpaired) electrons. The van der Waals surface area contributed by atoms with Crippen LogP contribution in [0.2, 0.25) is 0 Å². The van der Waals surface area contributed by atoms with Gasteiger partial charge in [-0.3, -0.25) is 4.57 Å². The van der Waals surface area contributed by atoms with E-state index in [-0.39, 0.29) is 0 Å². The first-order valence-corrected chi connectivity index (χ1v) is 20.8. The van der Waals surface area contributed by atoms with Crippen LogP contribution in [-0.4, -0.2) is 24.5 Å². The number of hydrogen-bond acceptors (Lipinski definition) is 4. The minimum absolute atomic E-state index is 0.697. The van der Waals surface area contributed by atoms with Crippen LogP contribution in [0.3, 0.4) is 0 Å². The maximum Gasteiger partial charge on any atom is 0.160 e. The molecule has 0 spiro atoms. The number of pyridine rings is 1. The van der Waals surface area contributed by atoms with E-state index < -0.39 is 0 Å². The highest BCUT2D eigenvalue weighted by Gasteiger charge is 2.20. The molecule has 0 bridgehead atoms. The van der Waals surface area contributed by atoms with Crippen LogP contribution >= 0.6 is 0 Å². The number of hydrogen-bond donors (Lipinski definition) is 0. The summed E-state index contributed by atoms with van der Waals surface area (Å²) >= 11 is 0. The summed E-state index contributed by atoms with van der Waals surface area (Å²) in [6.45, 7) is 2.17. The molecule has 0 unspecified atom stereocenters. The Morgan fingerprint density at radius 1 is 0.393 bits per heavy atom. The van der Waals surface area contributed by atoms with Gasteiger partial charge in [0, 0.05) is 45.1 Å². The molecule has 0 saturated carbocycles. The lowest BCUT2D eigenvalue weighted by Gasteiger charge is -2.13. The predicted octanol–water partition coefficient (Wildman–Crippen LogP) is 14.1. The van der Waals surface area contributed by atoms with Crippen molar-refractivity contribution in [2.24, 2.45) is 0 Å². The van der Waals surface area contributed by atoms with Gasteiger partial charge < -0.3 is 0 Å². The van der Waals surface area contributed by atoms with Crippen molar-refractivity contribution < 1.29 is 0 Å². The first-order chi connectivity index (χ1) is 30.2. The summed E-state index contributed by atoms with van der Waals surface area (Å²) in [5.74, 6) is 1.72. The van der Waals surface area contributed by atoms with Crippen LogP contribution in [-0.2, 0) is 6.42 Å². The third-order valence-corrected chi connectivity index (χ3v) is 11.6. The van der Waals surface area contributed by atoms with Gasteiger partial charge in [-0.1, -0.05) is 177 Å². The molecule has 11 rings (SSSR count). The molecule has 0 aliphatic rings. The molecular weight excluding hydrogens is 743 g/mol. The van der Waals surface area contributed by atoms with Gasteiger partial charge in [0.2, 0.25) is 0 Å². The summed E-state index contributed by atoms with van der Waals surface area (Å²) in [7, 11) is 0. The fraction of sp³-hybridized carbons (Fsp3) is 0.0357. The van der Waals surface area contributed by atoms with Crippen molar-refractivity contribution in [3.63, 3.8) is 0 Å². The van der Waals surface area contributed by atoms with Gasteiger partial charge in [0.25, 0.3) is 0 Å². The van der Waals surface area contributed by atoms with E-state index in [0.29, 0.717) is 5.82 Å². The monoisotopic (exact) mass is 781 g/mol. The molecule has 8 aromatic carbocycles. The Balaban J connectivity index is 0.970. The van der Waals surface area contributed by atoms with Gasteiger partial charge in [-0.15, -0.1) is 0 Å². The average molecular weight is 782 g/mol. The van der Waals surface area contributed by atoms with Crippen molar-refractivity contribution in [2.75, 3.05) is 0 Å². The fourth-order valence-corrected chi connectivity index (χ4v) is 8.54. The number of aryl methyl sites for hydroxylation is 1. The molecule has 3 heterocycles. The highest BCUT2D eigenvalue weighted by atomic mass is 15.1. The molecule has 3 aromatic heterocycles. The Morgan fingerprint density at radius 3 is 1.66 bits per heavy atom. The van der Waals surface area contributed by atoms with Crippen LogP contribution in [0.25, 0.3) is 106 Å². The number of para-hydroxylation sites is 2. The molecule has 61 heavy (non-hydrogen) atoms. The number of imidazole rings is 1. The lowest BCUT2D eigenvalue weighted by atomic mass is 9.96. The summed E-state index contributed by atoms with van der Waals surface area (Å²) in [5, 5.41) is 3.35. The standard InChI is InChI=1S/C56H39N5/c1-2-52-60-55-51(61(52)45-21-10-5-11-22-45)34-33-47-46-23-12-13-24-48(46)57-54(53(47)55)41-31-27-39(28-32-41)38-25-29-40(30-26-38)49-36-50(59-56(58-49)42-17-8-4-9-18-42)44-20-14-19-43(35-44)37-15-6-3-7-16-37/h3-36H,2H2,1H3. The first kappa shape index (κ1) is 36.1. The second kappa shape index (κ2) is 15.3. The molecule has 0 fully saturated rings. The van der Waals surface area contributed by atoms with Crippen LogP contribution in [0.4, 0.5) is 0 Å². The van der Waals surface area contributed by atoms with Gasteiger partial charge in [-0.2, -0.15) is 0 Å². The summed E-state index contributed by atoms with van der Waals surface area (Å²) in [5.41, 5.74) is 15.5. The maximum atomic E-state index is 5.33. The molecule has 0 N–H and O–H groups in total. The number of nitrogens with zero attached hydrogens (tertiary/aromatic N) is 5. The largest absolute Gasteiger partial charge is 0.296 e. The third-order valence-electron chi connectivity index (χ3n) is 11.6. The zero-order valence-corrected chi connectivity index (χ0v) is 33.6. The lowest BCUT2D eigenvalue weighted by Crippen LogP contribution is -1.99. The van der Waals surface area contributed by atoms with Crippen LogP contribution < -0.4 is 0 Å². The number of aromatic nitrogens is 5. The van der Waals surface area contributed by atoms with Crippen molar-refractivity contribution in [2.45, 2.75) is 13.3 Å². The highest BCUT2D eigenvalue weighted by Crippen LogP contribution is 2.39. The van der Waals surface area contributed by atoms with Crippen LogP contribution in [0.1, 0.15) is 12.7 Å². The van der Waals surface area contributed by atoms with E-state index in [4.69, 9.17) is 19.9 Å². The molecule has 0 aliphatic heterocycles. The van der Waals surface area contributed by atoms with E-state index in [1.807, 2.05) is 24.3 Å². The third kappa shape index (κ3) is 6.63. The SMILES string of the molecule is CCc1nc2c3c(-c4ccc(-c5ccc(-c6cc(-c7cccc(-c8ccccc8)c7)nc(-c7ccccc7)n6)cc5)cc4)nc4ccccc4c3ccc2n1-c1ccccc1. The summed E-state index contributed by atoms with van der Waals surface area (Å²) in [6, 6.07) is 72.2. The summed E-state index contributed by atoms with van der Waals surface area (Å²) < 4.78 is 2.29. The highest BCUT2D eigenvalue weighted by molar-refractivity contribution is 6.20. The minimum Gasteiger partial charge on any atom is -0.296 e. The van der Waals surface area contributed by atoms with Crippen LogP contribution in [0.15, 0.2) is 206 Å². The van der Waals surface area contributed by atoms with Gasteiger partial charge in [-0.25, -0.2) is 19.9 Å². The Hall–Kier alpha value is -8.02. The van der Waals surface area contributed by atoms with Crippen molar-refractivity contribution in [3.8, 4) is 73.1 Å². The van der Waals surface area contributed by atoms with Gasteiger partial charge in [-0.05, 0) is 64.0 Å². The topological polar surface area (TPSA) is 56.5 Å². The van der Waals surface area contributed by atoms with Crippen molar-refractivity contribution in [1.29, 1.82) is 0 Å². The molecule has 11 aromatic rings. The van der Waals surface area contributed by atoms with E-state index in [1.54, 1.807) is 0 Å². The smallest absolute Gasteiger partial charge is 0.160 e. The molecule has 0 saturated heterocycles. The summed E-state index contributed by atoms with van der Waals surface area (Å²) in [4.78, 5) is 20.8. The quantitative estimate of drug-likeness (QED) is 0.144. The summed E-state index contributed by atoms with van der Waals surface area (Å²) in [6.07, 6.45) is 0.810. The Labute approximate surface area is 354 Å². The van der Waals surface area contributed by atoms with Gasteiger partial charge in [0.1, 0.15) is 5.82 Å². The molecular formula is C56H39N5. The number of rotatable bonds is 8. The minimum atomic E-state index is 0.697. The average Bonchev–Trinajstić information content (AvgIpc) is 3.74. The first-order valence-electron chi connectivity index (χ1n) is 20.8. The molecule has 0 aliphatic carbocycles. The van der Waals surface area contributed by atoms with E-state index in [9.17, 15) is 0 Å². The van der Waals surface area contributed by atoms with Gasteiger partial charge in [0.05, 0.1) is 33.6 Å². The second-order valence-electron chi connectivity index (χ2n) is 15.3. The van der Waals surface area contributed by atoms with Gasteiger partial charge in [0.15, 0.2) is 5.82 Å². The van der Waals surface area contributed by atoms with Crippen molar-refractivity contribution >= 4 is 32.7 Å². The van der Waals surface area contributed by atoms with Crippen molar-refractivity contribution in [1.82, 2.24) is 24.5 Å². The maximum absolute atomic E-state index is 5.33. The zero-order chi connectivity index (χ0) is 40.7. The normalized spacial score (nSPS) is 11.4. The number of benzene rings is 8. The van der Waals surface area contributed by atoms with Crippen LogP contribution in [0.5, 0.6) is 0 Å². The van der Waals surface area contributed by atoms with Crippen LogP contribution in [0, 0.1) is 0 Å². The lowest BCUT2D eigenvalue weighted by molar-refractivity contribution is 0.908. The van der Waals surface area contributed by atoms with E-state index in [1.165, 1.54) is 5.56 Å². The van der Waals surface area contributed by atoms with E-state index in [0.717, 1.165) is 107 Å². The Morgan fingerprint density at radius 2 is 0.951 bits per heavy atom. The molecule has 5 heteroatoms. The number of fused-ring (bicyclic) bond motifs is 5. The Kier molecular flexibility index (Phi) is 9.05. The van der Waals surface area contributed by atoms with E-state index >= 15 is 0 Å². The molecule has 288 valence electrons. The molecule has 5 nitrogen and oxygen atoms in total. The van der Waals surface area contributed by atoms with Gasteiger partial charge >= 0.3 is 0 Å². The Bertz CT molecular complexity index is 3360. The second-order valence-corrected chi connectivity index (χ2v) is 15.3. The predicted molar refractivity (Wildman–Crippen MR) is 251 cm³/mol. The van der Waals surface area contributed by atoms with Crippen molar-refractivity contribution in [3.05, 3.63) is 212 Å². The van der Waals surface area contributed by atoms with E-state index in [2.05, 4.69) is 193 Å².